The molecule has 0 unspecified atom stereocenters. The molecule has 2 amide bonds. The van der Waals surface area contributed by atoms with E-state index in [0.717, 1.165) is 18.7 Å². The normalized spacial score (nSPS) is 18.5. The van der Waals surface area contributed by atoms with Crippen LogP contribution in [0.1, 0.15) is 12.5 Å². The smallest absolute Gasteiger partial charge is 0.282 e. The SMILES string of the molecule is C[C@H](CNC(=O)CN1CCSC1=O)N1CCc2ccccc21. The zero-order chi connectivity index (χ0) is 15.5. The molecule has 118 valence electrons. The molecule has 2 aliphatic rings. The average molecular weight is 319 g/mol. The van der Waals surface area contributed by atoms with Gasteiger partial charge in [-0.2, -0.15) is 0 Å². The number of amides is 2. The first-order valence-corrected chi connectivity index (χ1v) is 8.66. The lowest BCUT2D eigenvalue weighted by atomic mass is 10.2. The Kier molecular flexibility index (Phi) is 4.57. The molecule has 0 aliphatic carbocycles. The van der Waals surface area contributed by atoms with E-state index in [1.807, 2.05) is 0 Å². The molecular weight excluding hydrogens is 298 g/mol. The molecule has 0 aromatic heterocycles. The fourth-order valence-electron chi connectivity index (χ4n) is 2.99. The van der Waals surface area contributed by atoms with Crippen molar-refractivity contribution in [3.8, 4) is 0 Å². The van der Waals surface area contributed by atoms with E-state index in [4.69, 9.17) is 0 Å². The number of carbonyl (C=O) groups is 2. The second-order valence-electron chi connectivity index (χ2n) is 5.76. The van der Waals surface area contributed by atoms with E-state index < -0.39 is 0 Å². The van der Waals surface area contributed by atoms with Gasteiger partial charge in [-0.3, -0.25) is 9.59 Å². The van der Waals surface area contributed by atoms with E-state index in [1.165, 1.54) is 23.0 Å². The number of nitrogens with one attached hydrogen (secondary N) is 1. The van der Waals surface area contributed by atoms with E-state index in [1.54, 1.807) is 4.90 Å². The third-order valence-electron chi connectivity index (χ3n) is 4.23. The highest BCUT2D eigenvalue weighted by molar-refractivity contribution is 8.13. The number of carbonyl (C=O) groups excluding carboxylic acids is 2. The van der Waals surface area contributed by atoms with Crippen molar-refractivity contribution in [2.75, 3.05) is 36.8 Å². The van der Waals surface area contributed by atoms with Crippen LogP contribution in [0, 0.1) is 0 Å². The fraction of sp³-hybridized carbons (Fsp3) is 0.500. The van der Waals surface area contributed by atoms with E-state index in [-0.39, 0.29) is 23.7 Å². The van der Waals surface area contributed by atoms with Gasteiger partial charge in [0.05, 0.1) is 0 Å². The third-order valence-corrected chi connectivity index (χ3v) is 5.12. The molecule has 6 heteroatoms. The maximum atomic E-state index is 12.0. The fourth-order valence-corrected chi connectivity index (χ4v) is 3.82. The van der Waals surface area contributed by atoms with Gasteiger partial charge >= 0.3 is 0 Å². The van der Waals surface area contributed by atoms with Crippen LogP contribution in [-0.2, 0) is 11.2 Å². The lowest BCUT2D eigenvalue weighted by Gasteiger charge is -2.27. The summed E-state index contributed by atoms with van der Waals surface area (Å²) in [5, 5.41) is 2.96. The van der Waals surface area contributed by atoms with Crippen LogP contribution in [0.3, 0.4) is 0 Å². The van der Waals surface area contributed by atoms with E-state index in [0.29, 0.717) is 13.1 Å². The summed E-state index contributed by atoms with van der Waals surface area (Å²) in [7, 11) is 0. The number of thioether (sulfide) groups is 1. The first-order valence-electron chi connectivity index (χ1n) is 7.68. The summed E-state index contributed by atoms with van der Waals surface area (Å²) in [6, 6.07) is 8.67. The number of nitrogens with zero attached hydrogens (tertiary/aromatic N) is 2. The average Bonchev–Trinajstić information content (AvgIpc) is 3.12. The standard InChI is InChI=1S/C16H21N3O2S/c1-12(19-7-6-13-4-2-3-5-14(13)19)10-17-15(20)11-18-8-9-22-16(18)21/h2-5,12H,6-11H2,1H3,(H,17,20)/t12-/m1/s1. The molecule has 0 spiro atoms. The lowest BCUT2D eigenvalue weighted by molar-refractivity contribution is -0.121. The Morgan fingerprint density at radius 1 is 1.36 bits per heavy atom. The molecule has 1 aromatic rings. The van der Waals surface area contributed by atoms with Gasteiger partial charge in [0.1, 0.15) is 6.54 Å². The van der Waals surface area contributed by atoms with Crippen LogP contribution in [0.5, 0.6) is 0 Å². The van der Waals surface area contributed by atoms with Crippen molar-refractivity contribution in [3.05, 3.63) is 29.8 Å². The van der Waals surface area contributed by atoms with Gasteiger partial charge in [0.15, 0.2) is 0 Å². The first kappa shape index (κ1) is 15.2. The zero-order valence-corrected chi connectivity index (χ0v) is 13.6. The van der Waals surface area contributed by atoms with E-state index in [2.05, 4.69) is 41.4 Å². The Bertz CT molecular complexity index is 578. The second kappa shape index (κ2) is 6.60. The Morgan fingerprint density at radius 2 is 2.18 bits per heavy atom. The van der Waals surface area contributed by atoms with Crippen molar-refractivity contribution >= 4 is 28.6 Å². The van der Waals surface area contributed by atoms with Gasteiger partial charge < -0.3 is 15.1 Å². The van der Waals surface area contributed by atoms with Crippen molar-refractivity contribution < 1.29 is 9.59 Å². The minimum Gasteiger partial charge on any atom is -0.366 e. The van der Waals surface area contributed by atoms with E-state index >= 15 is 0 Å². The number of hydrogen-bond acceptors (Lipinski definition) is 4. The molecule has 2 aliphatic heterocycles. The maximum Gasteiger partial charge on any atom is 0.282 e. The number of rotatable bonds is 5. The molecule has 1 atom stereocenters. The van der Waals surface area contributed by atoms with Crippen molar-refractivity contribution in [1.29, 1.82) is 0 Å². The first-order chi connectivity index (χ1) is 10.6. The van der Waals surface area contributed by atoms with Crippen molar-refractivity contribution in [1.82, 2.24) is 10.2 Å². The van der Waals surface area contributed by atoms with Crippen LogP contribution in [0.15, 0.2) is 24.3 Å². The van der Waals surface area contributed by atoms with Crippen LogP contribution in [0.4, 0.5) is 10.5 Å². The van der Waals surface area contributed by atoms with Gasteiger partial charge in [0.2, 0.25) is 5.91 Å². The molecule has 22 heavy (non-hydrogen) atoms. The summed E-state index contributed by atoms with van der Waals surface area (Å²) in [4.78, 5) is 27.4. The lowest BCUT2D eigenvalue weighted by Crippen LogP contribution is -2.44. The van der Waals surface area contributed by atoms with Gasteiger partial charge in [0.25, 0.3) is 5.24 Å². The number of anilines is 1. The summed E-state index contributed by atoms with van der Waals surface area (Å²) in [5.74, 6) is 0.711. The highest BCUT2D eigenvalue weighted by Crippen LogP contribution is 2.28. The molecule has 3 rings (SSSR count). The van der Waals surface area contributed by atoms with Crippen molar-refractivity contribution in [2.45, 2.75) is 19.4 Å². The Balaban J connectivity index is 1.49. The van der Waals surface area contributed by atoms with Crippen LogP contribution in [-0.4, -0.2) is 54.0 Å². The van der Waals surface area contributed by atoms with Crippen LogP contribution < -0.4 is 10.2 Å². The minimum absolute atomic E-state index is 0.0108. The molecule has 0 bridgehead atoms. The zero-order valence-electron chi connectivity index (χ0n) is 12.7. The van der Waals surface area contributed by atoms with Gasteiger partial charge in [-0.25, -0.2) is 0 Å². The van der Waals surface area contributed by atoms with Crippen LogP contribution in [0.2, 0.25) is 0 Å². The number of hydrogen-bond donors (Lipinski definition) is 1. The van der Waals surface area contributed by atoms with Crippen LogP contribution >= 0.6 is 11.8 Å². The predicted octanol–water partition coefficient (Wildman–Crippen LogP) is 1.72. The summed E-state index contributed by atoms with van der Waals surface area (Å²) in [5.41, 5.74) is 2.65. The summed E-state index contributed by atoms with van der Waals surface area (Å²) < 4.78 is 0. The molecular formula is C16H21N3O2S. The highest BCUT2D eigenvalue weighted by atomic mass is 32.2. The second-order valence-corrected chi connectivity index (χ2v) is 6.81. The predicted molar refractivity (Wildman–Crippen MR) is 89.4 cm³/mol. The maximum absolute atomic E-state index is 12.0. The third kappa shape index (κ3) is 3.21. The molecule has 0 saturated carbocycles. The van der Waals surface area contributed by atoms with Gasteiger partial charge in [-0.05, 0) is 25.0 Å². The van der Waals surface area contributed by atoms with Gasteiger partial charge in [0, 0.05) is 37.1 Å². The quantitative estimate of drug-likeness (QED) is 0.898. The monoisotopic (exact) mass is 319 g/mol. The molecule has 1 aromatic carbocycles. The topological polar surface area (TPSA) is 52.7 Å². The largest absolute Gasteiger partial charge is 0.366 e. The van der Waals surface area contributed by atoms with Gasteiger partial charge in [-0.1, -0.05) is 30.0 Å². The number of fused-ring (bicyclic) bond motifs is 1. The van der Waals surface area contributed by atoms with E-state index in [9.17, 15) is 9.59 Å². The number of benzene rings is 1. The number of para-hydroxylation sites is 1. The Hall–Kier alpha value is -1.69. The molecule has 1 saturated heterocycles. The Labute approximate surface area is 135 Å². The Morgan fingerprint density at radius 3 is 2.95 bits per heavy atom. The summed E-state index contributed by atoms with van der Waals surface area (Å²) >= 11 is 1.28. The molecule has 1 fully saturated rings. The van der Waals surface area contributed by atoms with Crippen molar-refractivity contribution in [2.24, 2.45) is 0 Å². The highest BCUT2D eigenvalue weighted by Gasteiger charge is 2.25. The molecule has 1 N–H and O–H groups in total. The molecule has 0 radical (unpaired) electrons. The summed E-state index contributed by atoms with van der Waals surface area (Å²) in [6.07, 6.45) is 1.06. The van der Waals surface area contributed by atoms with Gasteiger partial charge in [-0.15, -0.1) is 0 Å². The van der Waals surface area contributed by atoms with Crippen LogP contribution in [0.25, 0.3) is 0 Å². The molecule has 5 nitrogen and oxygen atoms in total. The summed E-state index contributed by atoms with van der Waals surface area (Å²) in [6.45, 7) is 4.57. The molecule has 2 heterocycles. The minimum atomic E-state index is -0.0739. The van der Waals surface area contributed by atoms with Crippen molar-refractivity contribution in [3.63, 3.8) is 0 Å².